The van der Waals surface area contributed by atoms with Crippen LogP contribution in [0.3, 0.4) is 0 Å². The zero-order chi connectivity index (χ0) is 16.2. The van der Waals surface area contributed by atoms with Gasteiger partial charge in [-0.3, -0.25) is 4.79 Å². The molecule has 2 heterocycles. The molecule has 1 aromatic heterocycles. The highest BCUT2D eigenvalue weighted by Gasteiger charge is 2.25. The molecule has 0 unspecified atom stereocenters. The fourth-order valence-corrected chi connectivity index (χ4v) is 2.92. The lowest BCUT2D eigenvalue weighted by Gasteiger charge is -2.31. The number of rotatable bonds is 4. The third-order valence-electron chi connectivity index (χ3n) is 4.32. The first-order valence-corrected chi connectivity index (χ1v) is 7.88. The van der Waals surface area contributed by atoms with Crippen LogP contribution in [0.4, 0.5) is 0 Å². The smallest absolute Gasteiger partial charge is 0.256 e. The molecule has 2 N–H and O–H groups in total. The maximum atomic E-state index is 12.9. The van der Waals surface area contributed by atoms with Crippen molar-refractivity contribution in [3.8, 4) is 5.69 Å². The average molecular weight is 314 g/mol. The Labute approximate surface area is 135 Å². The van der Waals surface area contributed by atoms with Crippen LogP contribution in [0.25, 0.3) is 5.69 Å². The number of carbonyl (C=O) groups is 1. The lowest BCUT2D eigenvalue weighted by molar-refractivity contribution is 0.0351. The molecule has 1 aliphatic heterocycles. The van der Waals surface area contributed by atoms with E-state index in [1.807, 2.05) is 35.4 Å². The molecule has 6 nitrogen and oxygen atoms in total. The number of ether oxygens (including phenoxy) is 1. The normalized spacial score (nSPS) is 15.8. The van der Waals surface area contributed by atoms with Gasteiger partial charge in [-0.25, -0.2) is 4.68 Å². The Kier molecular flexibility index (Phi) is 4.73. The van der Waals surface area contributed by atoms with Crippen LogP contribution in [0.5, 0.6) is 0 Å². The van der Waals surface area contributed by atoms with Crippen LogP contribution in [0.1, 0.15) is 28.8 Å². The van der Waals surface area contributed by atoms with Gasteiger partial charge in [0.15, 0.2) is 0 Å². The second-order valence-corrected chi connectivity index (χ2v) is 5.74. The van der Waals surface area contributed by atoms with Crippen LogP contribution in [-0.2, 0) is 11.3 Å². The van der Waals surface area contributed by atoms with Crippen molar-refractivity contribution in [3.05, 3.63) is 47.8 Å². The highest BCUT2D eigenvalue weighted by atomic mass is 16.5. The summed E-state index contributed by atoms with van der Waals surface area (Å²) in [5.41, 5.74) is 8.03. The fourth-order valence-electron chi connectivity index (χ4n) is 2.92. The number of carbonyl (C=O) groups excluding carboxylic acids is 1. The monoisotopic (exact) mass is 314 g/mol. The van der Waals surface area contributed by atoms with Crippen LogP contribution < -0.4 is 5.73 Å². The number of nitrogens with zero attached hydrogens (tertiary/aromatic N) is 3. The predicted molar refractivity (Wildman–Crippen MR) is 87.4 cm³/mol. The van der Waals surface area contributed by atoms with Crippen molar-refractivity contribution >= 4 is 5.91 Å². The minimum Gasteiger partial charge on any atom is -0.381 e. The number of para-hydroxylation sites is 1. The topological polar surface area (TPSA) is 73.4 Å². The molecule has 122 valence electrons. The summed E-state index contributed by atoms with van der Waals surface area (Å²) >= 11 is 0. The lowest BCUT2D eigenvalue weighted by atomic mass is 10.1. The van der Waals surface area contributed by atoms with Gasteiger partial charge in [0, 0.05) is 38.5 Å². The lowest BCUT2D eigenvalue weighted by Crippen LogP contribution is -2.40. The number of likely N-dealkylation sites (tertiary alicyclic amines) is 1. The van der Waals surface area contributed by atoms with E-state index in [0.717, 1.165) is 37.2 Å². The molecule has 3 rings (SSSR count). The van der Waals surface area contributed by atoms with Crippen molar-refractivity contribution in [2.75, 3.05) is 20.2 Å². The van der Waals surface area contributed by atoms with E-state index in [0.29, 0.717) is 12.1 Å². The fraction of sp³-hybridized carbons (Fsp3) is 0.412. The van der Waals surface area contributed by atoms with Gasteiger partial charge < -0.3 is 15.4 Å². The molecule has 0 spiro atoms. The number of methoxy groups -OCH3 is 1. The Morgan fingerprint density at radius 1 is 1.35 bits per heavy atom. The minimum absolute atomic E-state index is 0.0416. The molecule has 1 aromatic carbocycles. The average Bonchev–Trinajstić information content (AvgIpc) is 3.10. The first-order chi connectivity index (χ1) is 11.2. The molecule has 0 aliphatic carbocycles. The molecule has 2 aromatic rings. The number of hydrogen-bond acceptors (Lipinski definition) is 4. The van der Waals surface area contributed by atoms with Gasteiger partial charge in [-0.2, -0.15) is 5.10 Å². The Morgan fingerprint density at radius 2 is 2.09 bits per heavy atom. The maximum Gasteiger partial charge on any atom is 0.256 e. The maximum absolute atomic E-state index is 12.9. The van der Waals surface area contributed by atoms with Crippen molar-refractivity contribution < 1.29 is 9.53 Å². The second-order valence-electron chi connectivity index (χ2n) is 5.74. The summed E-state index contributed by atoms with van der Waals surface area (Å²) in [5.74, 6) is 0.0416. The molecule has 1 saturated heterocycles. The van der Waals surface area contributed by atoms with Gasteiger partial charge in [-0.15, -0.1) is 0 Å². The van der Waals surface area contributed by atoms with Crippen LogP contribution in [0.2, 0.25) is 0 Å². The molecule has 0 bridgehead atoms. The summed E-state index contributed by atoms with van der Waals surface area (Å²) in [6, 6.07) is 7.55. The Hall–Kier alpha value is -2.18. The zero-order valence-corrected chi connectivity index (χ0v) is 13.3. The van der Waals surface area contributed by atoms with Gasteiger partial charge in [-0.05, 0) is 25.0 Å². The number of hydrogen-bond donors (Lipinski definition) is 1. The SMILES string of the molecule is COC1CCN(C(=O)c2ccccc2-n2cc(CN)cn2)CC1. The number of piperidine rings is 1. The molecule has 0 saturated carbocycles. The van der Waals surface area contributed by atoms with Gasteiger partial charge in [0.25, 0.3) is 5.91 Å². The number of nitrogens with two attached hydrogens (primary N) is 1. The second kappa shape index (κ2) is 6.93. The number of amides is 1. The van der Waals surface area contributed by atoms with E-state index in [1.54, 1.807) is 18.0 Å². The summed E-state index contributed by atoms with van der Waals surface area (Å²) < 4.78 is 7.09. The van der Waals surface area contributed by atoms with Crippen LogP contribution in [-0.4, -0.2) is 46.9 Å². The Morgan fingerprint density at radius 3 is 2.74 bits per heavy atom. The number of benzene rings is 1. The van der Waals surface area contributed by atoms with Crippen molar-refractivity contribution in [2.45, 2.75) is 25.5 Å². The van der Waals surface area contributed by atoms with Crippen LogP contribution in [0, 0.1) is 0 Å². The quantitative estimate of drug-likeness (QED) is 0.930. The number of aromatic nitrogens is 2. The van der Waals surface area contributed by atoms with E-state index in [4.69, 9.17) is 10.5 Å². The standard InChI is InChI=1S/C17H22N4O2/c1-23-14-6-8-20(9-7-14)17(22)15-4-2-3-5-16(15)21-12-13(10-18)11-19-21/h2-5,11-12,14H,6-10,18H2,1H3. The Bertz CT molecular complexity index is 675. The van der Waals surface area contributed by atoms with Gasteiger partial charge in [0.05, 0.1) is 23.6 Å². The van der Waals surface area contributed by atoms with Gasteiger partial charge in [0.1, 0.15) is 0 Å². The minimum atomic E-state index is 0.0416. The van der Waals surface area contributed by atoms with Crippen LogP contribution >= 0.6 is 0 Å². The molecular formula is C17H22N4O2. The summed E-state index contributed by atoms with van der Waals surface area (Å²) in [6.45, 7) is 1.87. The predicted octanol–water partition coefficient (Wildman–Crippen LogP) is 1.58. The third kappa shape index (κ3) is 3.28. The highest BCUT2D eigenvalue weighted by molar-refractivity contribution is 5.97. The Balaban J connectivity index is 1.84. The van der Waals surface area contributed by atoms with Crippen LogP contribution in [0.15, 0.2) is 36.7 Å². The van der Waals surface area contributed by atoms with Gasteiger partial charge in [-0.1, -0.05) is 12.1 Å². The van der Waals surface area contributed by atoms with E-state index >= 15 is 0 Å². The van der Waals surface area contributed by atoms with E-state index < -0.39 is 0 Å². The van der Waals surface area contributed by atoms with E-state index in [9.17, 15) is 4.79 Å². The first kappa shape index (κ1) is 15.7. The first-order valence-electron chi connectivity index (χ1n) is 7.88. The molecule has 1 amide bonds. The summed E-state index contributed by atoms with van der Waals surface area (Å²) in [4.78, 5) is 14.8. The molecule has 6 heteroatoms. The molecule has 0 atom stereocenters. The molecule has 0 radical (unpaired) electrons. The molecule has 1 fully saturated rings. The van der Waals surface area contributed by atoms with Crippen molar-refractivity contribution in [1.82, 2.24) is 14.7 Å². The molecular weight excluding hydrogens is 292 g/mol. The third-order valence-corrected chi connectivity index (χ3v) is 4.32. The van der Waals surface area contributed by atoms with Gasteiger partial charge in [0.2, 0.25) is 0 Å². The molecule has 23 heavy (non-hydrogen) atoms. The summed E-state index contributed by atoms with van der Waals surface area (Å²) in [6.07, 6.45) is 5.61. The summed E-state index contributed by atoms with van der Waals surface area (Å²) in [7, 11) is 1.73. The van der Waals surface area contributed by atoms with Crippen molar-refractivity contribution in [1.29, 1.82) is 0 Å². The van der Waals surface area contributed by atoms with E-state index in [2.05, 4.69) is 5.10 Å². The van der Waals surface area contributed by atoms with Crippen molar-refractivity contribution in [3.63, 3.8) is 0 Å². The van der Waals surface area contributed by atoms with Crippen molar-refractivity contribution in [2.24, 2.45) is 5.73 Å². The molecule has 1 aliphatic rings. The highest BCUT2D eigenvalue weighted by Crippen LogP contribution is 2.20. The summed E-state index contributed by atoms with van der Waals surface area (Å²) in [5, 5.41) is 4.32. The zero-order valence-electron chi connectivity index (χ0n) is 13.3. The van der Waals surface area contributed by atoms with E-state index in [1.165, 1.54) is 0 Å². The largest absolute Gasteiger partial charge is 0.381 e. The van der Waals surface area contributed by atoms with Gasteiger partial charge >= 0.3 is 0 Å². The van der Waals surface area contributed by atoms with E-state index in [-0.39, 0.29) is 12.0 Å².